The maximum absolute atomic E-state index is 12.3. The van der Waals surface area contributed by atoms with E-state index < -0.39 is 12.0 Å². The van der Waals surface area contributed by atoms with E-state index in [-0.39, 0.29) is 0 Å². The number of aromatic nitrogens is 1. The minimum atomic E-state index is -0.784. The highest BCUT2D eigenvalue weighted by Gasteiger charge is 2.33. The van der Waals surface area contributed by atoms with Gasteiger partial charge in [-0.3, -0.25) is 9.69 Å². The van der Waals surface area contributed by atoms with Crippen LogP contribution in [0.15, 0.2) is 42.5 Å². The Morgan fingerprint density at radius 1 is 1.04 bits per heavy atom. The number of hydrogen-bond donors (Lipinski definition) is 2. The van der Waals surface area contributed by atoms with Crippen molar-refractivity contribution in [2.24, 2.45) is 0 Å². The van der Waals surface area contributed by atoms with Crippen molar-refractivity contribution >= 4 is 22.6 Å². The van der Waals surface area contributed by atoms with Crippen LogP contribution in [-0.4, -0.2) is 47.1 Å². The van der Waals surface area contributed by atoms with Crippen LogP contribution in [0.2, 0.25) is 0 Å². The highest BCUT2D eigenvalue weighted by atomic mass is 16.4. The average Bonchev–Trinajstić information content (AvgIpc) is 2.99. The smallest absolute Gasteiger partial charge is 0.325 e. The number of benzene rings is 2. The van der Waals surface area contributed by atoms with E-state index in [4.69, 9.17) is 0 Å². The normalized spacial score (nSPS) is 16.5. The second-order valence-corrected chi connectivity index (χ2v) is 7.76. The Labute approximate surface area is 165 Å². The van der Waals surface area contributed by atoms with Gasteiger partial charge in [0.15, 0.2) is 0 Å². The molecule has 0 radical (unpaired) electrons. The monoisotopic (exact) mass is 377 g/mol. The van der Waals surface area contributed by atoms with Crippen molar-refractivity contribution in [2.75, 3.05) is 31.1 Å². The lowest BCUT2D eigenvalue weighted by molar-refractivity contribution is -0.143. The summed E-state index contributed by atoms with van der Waals surface area (Å²) in [6.07, 6.45) is 0. The molecule has 5 heteroatoms. The highest BCUT2D eigenvalue weighted by Crippen LogP contribution is 2.33. The number of H-pyrrole nitrogens is 1. The lowest BCUT2D eigenvalue weighted by atomic mass is 10.0. The molecule has 4 rings (SSSR count). The summed E-state index contributed by atoms with van der Waals surface area (Å²) >= 11 is 0. The molecule has 1 aromatic heterocycles. The number of carboxylic acid groups (broad SMARTS) is 1. The van der Waals surface area contributed by atoms with Gasteiger partial charge in [-0.1, -0.05) is 35.9 Å². The molecule has 5 nitrogen and oxygen atoms in total. The van der Waals surface area contributed by atoms with Gasteiger partial charge in [0.05, 0.1) is 0 Å². The first kappa shape index (κ1) is 18.6. The Morgan fingerprint density at radius 3 is 2.43 bits per heavy atom. The largest absolute Gasteiger partial charge is 0.480 e. The van der Waals surface area contributed by atoms with Gasteiger partial charge in [-0.25, -0.2) is 0 Å². The predicted octanol–water partition coefficient (Wildman–Crippen LogP) is 4.04. The molecule has 146 valence electrons. The van der Waals surface area contributed by atoms with Gasteiger partial charge in [0.25, 0.3) is 0 Å². The van der Waals surface area contributed by atoms with Gasteiger partial charge in [-0.2, -0.15) is 0 Å². The van der Waals surface area contributed by atoms with Crippen molar-refractivity contribution in [1.29, 1.82) is 0 Å². The van der Waals surface area contributed by atoms with Gasteiger partial charge in [0, 0.05) is 54.0 Å². The second-order valence-electron chi connectivity index (χ2n) is 7.76. The molecule has 28 heavy (non-hydrogen) atoms. The predicted molar refractivity (Wildman–Crippen MR) is 113 cm³/mol. The molecule has 0 saturated carbocycles. The zero-order chi connectivity index (χ0) is 19.8. The zero-order valence-corrected chi connectivity index (χ0v) is 16.7. The molecule has 2 N–H and O–H groups in total. The Kier molecular flexibility index (Phi) is 4.85. The van der Waals surface area contributed by atoms with E-state index in [1.54, 1.807) is 0 Å². The summed E-state index contributed by atoms with van der Waals surface area (Å²) in [5.41, 5.74) is 6.61. The Balaban J connectivity index is 1.59. The highest BCUT2D eigenvalue weighted by molar-refractivity contribution is 5.90. The SMILES string of the molecule is Cc1ccc(N2CCN([C@@H](C(=O)O)c3c(C)[nH]c4ccccc34)CC2)c(C)c1. The van der Waals surface area contributed by atoms with E-state index in [9.17, 15) is 9.90 Å². The van der Waals surface area contributed by atoms with Gasteiger partial charge in [0.2, 0.25) is 0 Å². The van der Waals surface area contributed by atoms with Crippen molar-refractivity contribution < 1.29 is 9.90 Å². The number of aliphatic carboxylic acids is 1. The third-order valence-corrected chi connectivity index (χ3v) is 5.82. The van der Waals surface area contributed by atoms with Crippen LogP contribution in [0, 0.1) is 20.8 Å². The number of nitrogens with zero attached hydrogens (tertiary/aromatic N) is 2. The molecule has 1 atom stereocenters. The van der Waals surface area contributed by atoms with Crippen molar-refractivity contribution in [3.05, 3.63) is 64.8 Å². The molecule has 0 amide bonds. The molecule has 0 aliphatic carbocycles. The first-order valence-electron chi connectivity index (χ1n) is 9.82. The molecule has 1 saturated heterocycles. The van der Waals surface area contributed by atoms with E-state index in [0.717, 1.165) is 48.3 Å². The van der Waals surface area contributed by atoms with Gasteiger partial charge in [-0.05, 0) is 38.5 Å². The van der Waals surface area contributed by atoms with Crippen LogP contribution in [0.25, 0.3) is 10.9 Å². The Hall–Kier alpha value is -2.79. The number of piperazine rings is 1. The number of fused-ring (bicyclic) bond motifs is 1. The minimum Gasteiger partial charge on any atom is -0.480 e. The standard InChI is InChI=1S/C23H27N3O2/c1-15-8-9-20(16(2)14-15)25-10-12-26(13-11-25)22(23(27)28)21-17(3)24-19-7-5-4-6-18(19)21/h4-9,14,22,24H,10-13H2,1-3H3,(H,27,28)/t22-/m1/s1. The molecule has 2 aromatic carbocycles. The van der Waals surface area contributed by atoms with Crippen LogP contribution in [0.3, 0.4) is 0 Å². The van der Waals surface area contributed by atoms with Crippen LogP contribution < -0.4 is 4.90 Å². The van der Waals surface area contributed by atoms with E-state index in [0.29, 0.717) is 0 Å². The summed E-state index contributed by atoms with van der Waals surface area (Å²) in [6.45, 7) is 9.33. The summed E-state index contributed by atoms with van der Waals surface area (Å²) in [7, 11) is 0. The Bertz CT molecular complexity index is 1020. The van der Waals surface area contributed by atoms with Crippen molar-refractivity contribution in [3.8, 4) is 0 Å². The van der Waals surface area contributed by atoms with Crippen molar-refractivity contribution in [3.63, 3.8) is 0 Å². The number of aromatic amines is 1. The first-order chi connectivity index (χ1) is 13.5. The lowest BCUT2D eigenvalue weighted by Crippen LogP contribution is -2.49. The summed E-state index contributed by atoms with van der Waals surface area (Å²) < 4.78 is 0. The van der Waals surface area contributed by atoms with Crippen LogP contribution in [0.1, 0.15) is 28.4 Å². The number of anilines is 1. The molecule has 2 heterocycles. The van der Waals surface area contributed by atoms with Crippen LogP contribution in [0.4, 0.5) is 5.69 Å². The van der Waals surface area contributed by atoms with E-state index in [1.165, 1.54) is 16.8 Å². The van der Waals surface area contributed by atoms with Crippen molar-refractivity contribution in [2.45, 2.75) is 26.8 Å². The number of nitrogens with one attached hydrogen (secondary N) is 1. The number of hydrogen-bond acceptors (Lipinski definition) is 3. The zero-order valence-electron chi connectivity index (χ0n) is 16.7. The van der Waals surface area contributed by atoms with Gasteiger partial charge in [0.1, 0.15) is 6.04 Å². The first-order valence-corrected chi connectivity index (χ1v) is 9.82. The van der Waals surface area contributed by atoms with E-state index >= 15 is 0 Å². The quantitative estimate of drug-likeness (QED) is 0.720. The third kappa shape index (κ3) is 3.27. The van der Waals surface area contributed by atoms with Crippen LogP contribution in [-0.2, 0) is 4.79 Å². The van der Waals surface area contributed by atoms with E-state index in [1.807, 2.05) is 31.2 Å². The van der Waals surface area contributed by atoms with Crippen molar-refractivity contribution in [1.82, 2.24) is 9.88 Å². The number of rotatable bonds is 4. The molecule has 0 spiro atoms. The Morgan fingerprint density at radius 2 is 1.75 bits per heavy atom. The molecular weight excluding hydrogens is 350 g/mol. The fourth-order valence-corrected chi connectivity index (χ4v) is 4.49. The fourth-order valence-electron chi connectivity index (χ4n) is 4.49. The molecule has 1 aliphatic heterocycles. The average molecular weight is 377 g/mol. The molecule has 1 aliphatic rings. The van der Waals surface area contributed by atoms with Gasteiger partial charge >= 0.3 is 5.97 Å². The van der Waals surface area contributed by atoms with Crippen LogP contribution >= 0.6 is 0 Å². The molecule has 1 fully saturated rings. The number of carbonyl (C=O) groups is 1. The number of aryl methyl sites for hydroxylation is 3. The van der Waals surface area contributed by atoms with Crippen LogP contribution in [0.5, 0.6) is 0 Å². The van der Waals surface area contributed by atoms with E-state index in [2.05, 4.69) is 46.8 Å². The number of para-hydroxylation sites is 1. The molecule has 0 unspecified atom stereocenters. The summed E-state index contributed by atoms with van der Waals surface area (Å²) in [5.74, 6) is -0.784. The summed E-state index contributed by atoms with van der Waals surface area (Å²) in [5, 5.41) is 11.1. The molecule has 3 aromatic rings. The van der Waals surface area contributed by atoms with Gasteiger partial charge in [-0.15, -0.1) is 0 Å². The second kappa shape index (κ2) is 7.32. The minimum absolute atomic E-state index is 0.627. The molecule has 0 bridgehead atoms. The lowest BCUT2D eigenvalue weighted by Gasteiger charge is -2.39. The summed E-state index contributed by atoms with van der Waals surface area (Å²) in [6, 6.07) is 13.9. The number of carboxylic acids is 1. The van der Waals surface area contributed by atoms with Gasteiger partial charge < -0.3 is 15.0 Å². The summed E-state index contributed by atoms with van der Waals surface area (Å²) in [4.78, 5) is 20.1. The maximum Gasteiger partial charge on any atom is 0.325 e. The third-order valence-electron chi connectivity index (χ3n) is 5.82. The fraction of sp³-hybridized carbons (Fsp3) is 0.348. The molecular formula is C23H27N3O2. The topological polar surface area (TPSA) is 59.6 Å². The maximum atomic E-state index is 12.3.